The number of hydrogen-bond donors (Lipinski definition) is 1. The van der Waals surface area contributed by atoms with E-state index in [-0.39, 0.29) is 6.03 Å². The summed E-state index contributed by atoms with van der Waals surface area (Å²) < 4.78 is 0. The summed E-state index contributed by atoms with van der Waals surface area (Å²) >= 11 is 0. The maximum Gasteiger partial charge on any atom is 0.317 e. The summed E-state index contributed by atoms with van der Waals surface area (Å²) in [6, 6.07) is 1.08. The van der Waals surface area contributed by atoms with E-state index in [1.54, 1.807) is 0 Å². The average molecular weight is 210 g/mol. The predicted molar refractivity (Wildman–Crippen MR) is 60.8 cm³/mol. The third-order valence-electron chi connectivity index (χ3n) is 3.88. The van der Waals surface area contributed by atoms with Gasteiger partial charge in [-0.1, -0.05) is 25.7 Å². The molecule has 0 spiro atoms. The molecule has 0 unspecified atom stereocenters. The van der Waals surface area contributed by atoms with Gasteiger partial charge in [-0.25, -0.2) is 4.79 Å². The summed E-state index contributed by atoms with van der Waals surface area (Å²) in [5.74, 6) is 0. The lowest BCUT2D eigenvalue weighted by Crippen LogP contribution is -2.45. The van der Waals surface area contributed by atoms with Crippen LogP contribution in [-0.2, 0) is 0 Å². The molecule has 0 heterocycles. The molecule has 2 rings (SSSR count). The third kappa shape index (κ3) is 2.64. The van der Waals surface area contributed by atoms with Gasteiger partial charge in [0, 0.05) is 19.1 Å². The van der Waals surface area contributed by atoms with Crippen molar-refractivity contribution < 1.29 is 4.79 Å². The third-order valence-corrected chi connectivity index (χ3v) is 3.88. The van der Waals surface area contributed by atoms with E-state index in [4.69, 9.17) is 0 Å². The fourth-order valence-corrected chi connectivity index (χ4v) is 2.80. The van der Waals surface area contributed by atoms with Gasteiger partial charge in [0.05, 0.1) is 0 Å². The SMILES string of the molecule is CN(C(=O)NC1CCCC1)C1CCCC1. The number of hydrogen-bond acceptors (Lipinski definition) is 1. The Morgan fingerprint density at radius 2 is 1.60 bits per heavy atom. The second kappa shape index (κ2) is 4.86. The minimum Gasteiger partial charge on any atom is -0.335 e. The lowest BCUT2D eigenvalue weighted by Gasteiger charge is -2.26. The maximum atomic E-state index is 11.9. The van der Waals surface area contributed by atoms with E-state index in [1.807, 2.05) is 11.9 Å². The first kappa shape index (κ1) is 10.8. The highest BCUT2D eigenvalue weighted by atomic mass is 16.2. The topological polar surface area (TPSA) is 32.3 Å². The fourth-order valence-electron chi connectivity index (χ4n) is 2.80. The summed E-state index contributed by atoms with van der Waals surface area (Å²) in [7, 11) is 1.94. The van der Waals surface area contributed by atoms with E-state index in [9.17, 15) is 4.79 Å². The van der Waals surface area contributed by atoms with Gasteiger partial charge in [-0.2, -0.15) is 0 Å². The molecule has 0 atom stereocenters. The summed E-state index contributed by atoms with van der Waals surface area (Å²) in [5.41, 5.74) is 0. The number of nitrogens with one attached hydrogen (secondary N) is 1. The van der Waals surface area contributed by atoms with Crippen LogP contribution in [0, 0.1) is 0 Å². The molecular formula is C12H22N2O. The second-order valence-corrected chi connectivity index (χ2v) is 4.98. The zero-order valence-corrected chi connectivity index (χ0v) is 9.67. The first-order chi connectivity index (χ1) is 7.27. The van der Waals surface area contributed by atoms with Crippen molar-refractivity contribution in [3.05, 3.63) is 0 Å². The molecule has 0 aromatic rings. The Kier molecular flexibility index (Phi) is 3.49. The average Bonchev–Trinajstić information content (AvgIpc) is 2.88. The van der Waals surface area contributed by atoms with Crippen LogP contribution in [0.15, 0.2) is 0 Å². The van der Waals surface area contributed by atoms with Crippen LogP contribution in [-0.4, -0.2) is 30.1 Å². The molecule has 0 bridgehead atoms. The Labute approximate surface area is 92.2 Å². The Morgan fingerprint density at radius 1 is 1.07 bits per heavy atom. The largest absolute Gasteiger partial charge is 0.335 e. The number of rotatable bonds is 2. The fraction of sp³-hybridized carbons (Fsp3) is 0.917. The van der Waals surface area contributed by atoms with Crippen molar-refractivity contribution in [2.75, 3.05) is 7.05 Å². The molecule has 2 fully saturated rings. The van der Waals surface area contributed by atoms with Crippen LogP contribution >= 0.6 is 0 Å². The van der Waals surface area contributed by atoms with E-state index >= 15 is 0 Å². The number of nitrogens with zero attached hydrogens (tertiary/aromatic N) is 1. The van der Waals surface area contributed by atoms with Crippen molar-refractivity contribution in [1.29, 1.82) is 0 Å². The highest BCUT2D eigenvalue weighted by Gasteiger charge is 2.25. The maximum absolute atomic E-state index is 11.9. The first-order valence-corrected chi connectivity index (χ1v) is 6.30. The lowest BCUT2D eigenvalue weighted by atomic mass is 10.2. The number of urea groups is 1. The highest BCUT2D eigenvalue weighted by Crippen LogP contribution is 2.23. The van der Waals surface area contributed by atoms with E-state index in [0.717, 1.165) is 0 Å². The quantitative estimate of drug-likeness (QED) is 0.746. The zero-order valence-electron chi connectivity index (χ0n) is 9.67. The molecule has 86 valence electrons. The van der Waals surface area contributed by atoms with Gasteiger partial charge in [0.2, 0.25) is 0 Å². The van der Waals surface area contributed by atoms with Gasteiger partial charge in [0.25, 0.3) is 0 Å². The minimum absolute atomic E-state index is 0.147. The first-order valence-electron chi connectivity index (χ1n) is 6.30. The van der Waals surface area contributed by atoms with Gasteiger partial charge in [-0.15, -0.1) is 0 Å². The van der Waals surface area contributed by atoms with Crippen LogP contribution in [0.3, 0.4) is 0 Å². The van der Waals surface area contributed by atoms with Crippen LogP contribution in [0.4, 0.5) is 4.79 Å². The molecule has 0 aliphatic heterocycles. The van der Waals surface area contributed by atoms with Crippen LogP contribution in [0.1, 0.15) is 51.4 Å². The smallest absolute Gasteiger partial charge is 0.317 e. The van der Waals surface area contributed by atoms with Crippen molar-refractivity contribution in [2.24, 2.45) is 0 Å². The van der Waals surface area contributed by atoms with Gasteiger partial charge in [0.1, 0.15) is 0 Å². The lowest BCUT2D eigenvalue weighted by molar-refractivity contribution is 0.187. The van der Waals surface area contributed by atoms with Gasteiger partial charge in [0.15, 0.2) is 0 Å². The highest BCUT2D eigenvalue weighted by molar-refractivity contribution is 5.74. The molecule has 2 aliphatic rings. The van der Waals surface area contributed by atoms with Crippen LogP contribution in [0.2, 0.25) is 0 Å². The molecule has 2 saturated carbocycles. The molecule has 0 radical (unpaired) electrons. The van der Waals surface area contributed by atoms with Gasteiger partial charge in [-0.3, -0.25) is 0 Å². The van der Waals surface area contributed by atoms with E-state index < -0.39 is 0 Å². The van der Waals surface area contributed by atoms with E-state index in [1.165, 1.54) is 51.4 Å². The predicted octanol–water partition coefficient (Wildman–Crippen LogP) is 2.51. The Balaban J connectivity index is 1.78. The standard InChI is InChI=1S/C12H22N2O/c1-14(11-8-4-5-9-11)12(15)13-10-6-2-3-7-10/h10-11H,2-9H2,1H3,(H,13,15). The molecule has 2 aliphatic carbocycles. The Morgan fingerprint density at radius 3 is 2.20 bits per heavy atom. The molecule has 2 amide bonds. The Hall–Kier alpha value is -0.730. The molecule has 3 nitrogen and oxygen atoms in total. The van der Waals surface area contributed by atoms with Crippen LogP contribution in [0.25, 0.3) is 0 Å². The molecule has 15 heavy (non-hydrogen) atoms. The zero-order chi connectivity index (χ0) is 10.7. The van der Waals surface area contributed by atoms with Crippen molar-refractivity contribution >= 4 is 6.03 Å². The second-order valence-electron chi connectivity index (χ2n) is 4.98. The Bertz CT molecular complexity index is 218. The van der Waals surface area contributed by atoms with Crippen molar-refractivity contribution in [1.82, 2.24) is 10.2 Å². The molecule has 3 heteroatoms. The van der Waals surface area contributed by atoms with E-state index in [0.29, 0.717) is 12.1 Å². The summed E-state index contributed by atoms with van der Waals surface area (Å²) in [4.78, 5) is 13.8. The van der Waals surface area contributed by atoms with Crippen LogP contribution < -0.4 is 5.32 Å². The summed E-state index contributed by atoms with van der Waals surface area (Å²) in [6.45, 7) is 0. The minimum atomic E-state index is 0.147. The van der Waals surface area contributed by atoms with Gasteiger partial charge >= 0.3 is 6.03 Å². The van der Waals surface area contributed by atoms with Gasteiger partial charge in [-0.05, 0) is 25.7 Å². The number of carbonyl (C=O) groups excluding carboxylic acids is 1. The van der Waals surface area contributed by atoms with Crippen molar-refractivity contribution in [3.8, 4) is 0 Å². The van der Waals surface area contributed by atoms with Crippen molar-refractivity contribution in [3.63, 3.8) is 0 Å². The van der Waals surface area contributed by atoms with Crippen molar-refractivity contribution in [2.45, 2.75) is 63.5 Å². The molecule has 0 aromatic carbocycles. The molecule has 0 aromatic heterocycles. The van der Waals surface area contributed by atoms with Gasteiger partial charge < -0.3 is 10.2 Å². The molecular weight excluding hydrogens is 188 g/mol. The number of carbonyl (C=O) groups is 1. The number of amides is 2. The summed E-state index contributed by atoms with van der Waals surface area (Å²) in [5, 5.41) is 3.14. The normalized spacial score (nSPS) is 23.3. The summed E-state index contributed by atoms with van der Waals surface area (Å²) in [6.07, 6.45) is 9.84. The molecule has 0 saturated heterocycles. The van der Waals surface area contributed by atoms with E-state index in [2.05, 4.69) is 5.32 Å². The monoisotopic (exact) mass is 210 g/mol. The van der Waals surface area contributed by atoms with Crippen LogP contribution in [0.5, 0.6) is 0 Å². The molecule has 1 N–H and O–H groups in total.